The molecule has 0 bridgehead atoms. The van der Waals surface area contributed by atoms with Gasteiger partial charge in [0.15, 0.2) is 6.61 Å². The largest absolute Gasteiger partial charge is 0.482 e. The number of benzene rings is 1. The Balaban J connectivity index is 2.01. The Kier molecular flexibility index (Phi) is 5.97. The van der Waals surface area contributed by atoms with Gasteiger partial charge in [-0.15, -0.1) is 0 Å². The molecule has 8 heteroatoms. The molecule has 0 amide bonds. The number of carboxylic acids is 1. The van der Waals surface area contributed by atoms with Gasteiger partial charge in [0.2, 0.25) is 10.0 Å². The highest BCUT2D eigenvalue weighted by atomic mass is 32.2. The highest BCUT2D eigenvalue weighted by Crippen LogP contribution is 2.21. The Morgan fingerprint density at radius 3 is 2.65 bits per heavy atom. The smallest absolute Gasteiger partial charge is 0.341 e. The molecule has 0 aliphatic carbocycles. The van der Waals surface area contributed by atoms with Crippen molar-refractivity contribution >= 4 is 16.0 Å². The average molecular weight is 343 g/mol. The predicted molar refractivity (Wildman–Crippen MR) is 82.9 cm³/mol. The Hall–Kier alpha value is -1.64. The number of sulfonamides is 1. The van der Waals surface area contributed by atoms with Gasteiger partial charge in [0.25, 0.3) is 0 Å². The number of hydrogen-bond acceptors (Lipinski definition) is 5. The van der Waals surface area contributed by atoms with Crippen molar-refractivity contribution < 1.29 is 27.8 Å². The van der Waals surface area contributed by atoms with E-state index in [1.54, 1.807) is 7.05 Å². The quantitative estimate of drug-likeness (QED) is 0.799. The zero-order chi connectivity index (χ0) is 16.9. The van der Waals surface area contributed by atoms with E-state index < -0.39 is 22.6 Å². The third-order valence-electron chi connectivity index (χ3n) is 3.66. The summed E-state index contributed by atoms with van der Waals surface area (Å²) in [4.78, 5) is 10.6. The Labute approximate surface area is 135 Å². The van der Waals surface area contributed by atoms with E-state index in [1.165, 1.54) is 28.6 Å². The molecule has 0 radical (unpaired) electrons. The lowest BCUT2D eigenvalue weighted by Gasteiger charge is -2.26. The fraction of sp³-hybridized carbons (Fsp3) is 0.533. The standard InChI is InChI=1S/C15H21NO6S/c1-16(9-12-3-2-8-21-10-12)23(19,20)14-6-4-13(5-7-14)22-11-15(17)18/h4-7,12H,2-3,8-11H2,1H3,(H,17,18). The van der Waals surface area contributed by atoms with E-state index in [1.807, 2.05) is 0 Å². The van der Waals surface area contributed by atoms with Crippen molar-refractivity contribution in [2.24, 2.45) is 5.92 Å². The highest BCUT2D eigenvalue weighted by molar-refractivity contribution is 7.89. The van der Waals surface area contributed by atoms with Crippen LogP contribution in [0.3, 0.4) is 0 Å². The van der Waals surface area contributed by atoms with Gasteiger partial charge in [-0.25, -0.2) is 17.5 Å². The first-order chi connectivity index (χ1) is 10.9. The first kappa shape index (κ1) is 17.7. The van der Waals surface area contributed by atoms with Crippen molar-refractivity contribution in [2.45, 2.75) is 17.7 Å². The average Bonchev–Trinajstić information content (AvgIpc) is 2.54. The molecule has 1 aliphatic rings. The Bertz CT molecular complexity index is 622. The number of carbonyl (C=O) groups is 1. The third-order valence-corrected chi connectivity index (χ3v) is 5.50. The molecule has 128 valence electrons. The monoisotopic (exact) mass is 343 g/mol. The van der Waals surface area contributed by atoms with Crippen molar-refractivity contribution in [3.63, 3.8) is 0 Å². The SMILES string of the molecule is CN(CC1CCCOC1)S(=O)(=O)c1ccc(OCC(=O)O)cc1. The van der Waals surface area contributed by atoms with Gasteiger partial charge in [-0.05, 0) is 43.0 Å². The van der Waals surface area contributed by atoms with Crippen LogP contribution < -0.4 is 4.74 Å². The maximum atomic E-state index is 12.5. The molecule has 23 heavy (non-hydrogen) atoms. The van der Waals surface area contributed by atoms with Crippen LogP contribution in [0.25, 0.3) is 0 Å². The fourth-order valence-corrected chi connectivity index (χ4v) is 3.69. The minimum atomic E-state index is -3.58. The Morgan fingerprint density at radius 2 is 2.09 bits per heavy atom. The minimum Gasteiger partial charge on any atom is -0.482 e. The van der Waals surface area contributed by atoms with Crippen LogP contribution in [0.15, 0.2) is 29.2 Å². The van der Waals surface area contributed by atoms with Gasteiger partial charge in [0.1, 0.15) is 5.75 Å². The van der Waals surface area contributed by atoms with E-state index in [-0.39, 0.29) is 10.8 Å². The molecule has 1 fully saturated rings. The number of rotatable bonds is 7. The van der Waals surface area contributed by atoms with Gasteiger partial charge in [0, 0.05) is 20.2 Å². The van der Waals surface area contributed by atoms with Gasteiger partial charge in [0.05, 0.1) is 11.5 Å². The molecule has 0 saturated carbocycles. The van der Waals surface area contributed by atoms with Crippen LogP contribution in [0.2, 0.25) is 0 Å². The van der Waals surface area contributed by atoms with Crippen LogP contribution in [-0.2, 0) is 19.6 Å². The van der Waals surface area contributed by atoms with Gasteiger partial charge in [-0.2, -0.15) is 0 Å². The molecule has 1 aliphatic heterocycles. The van der Waals surface area contributed by atoms with Gasteiger partial charge < -0.3 is 14.6 Å². The van der Waals surface area contributed by atoms with Crippen molar-refractivity contribution in [3.8, 4) is 5.75 Å². The summed E-state index contributed by atoms with van der Waals surface area (Å²) in [5.74, 6) is -0.562. The molecule has 7 nitrogen and oxygen atoms in total. The number of carboxylic acid groups (broad SMARTS) is 1. The molecule has 0 spiro atoms. The molecule has 1 atom stereocenters. The highest BCUT2D eigenvalue weighted by Gasteiger charge is 2.25. The summed E-state index contributed by atoms with van der Waals surface area (Å²) in [6, 6.07) is 5.74. The molecular weight excluding hydrogens is 322 g/mol. The molecule has 1 aromatic carbocycles. The van der Waals surface area contributed by atoms with Gasteiger partial charge in [-0.3, -0.25) is 0 Å². The normalized spacial score (nSPS) is 18.8. The van der Waals surface area contributed by atoms with Crippen molar-refractivity contribution in [3.05, 3.63) is 24.3 Å². The lowest BCUT2D eigenvalue weighted by Crippen LogP contribution is -2.35. The molecule has 1 N–H and O–H groups in total. The van der Waals surface area contributed by atoms with E-state index in [4.69, 9.17) is 14.6 Å². The van der Waals surface area contributed by atoms with E-state index in [0.29, 0.717) is 18.9 Å². The lowest BCUT2D eigenvalue weighted by atomic mass is 10.0. The van der Waals surface area contributed by atoms with Crippen LogP contribution in [0.5, 0.6) is 5.75 Å². The molecule has 2 rings (SSSR count). The fourth-order valence-electron chi connectivity index (χ4n) is 2.45. The van der Waals surface area contributed by atoms with E-state index >= 15 is 0 Å². The second kappa shape index (κ2) is 7.76. The number of nitrogens with zero attached hydrogens (tertiary/aromatic N) is 1. The first-order valence-corrected chi connectivity index (χ1v) is 8.82. The third kappa shape index (κ3) is 4.92. The first-order valence-electron chi connectivity index (χ1n) is 7.38. The molecule has 1 aromatic rings. The molecule has 1 saturated heterocycles. The lowest BCUT2D eigenvalue weighted by molar-refractivity contribution is -0.139. The van der Waals surface area contributed by atoms with E-state index in [9.17, 15) is 13.2 Å². The summed E-state index contributed by atoms with van der Waals surface area (Å²) < 4.78 is 36.8. The second-order valence-corrected chi connectivity index (χ2v) is 7.57. The zero-order valence-electron chi connectivity index (χ0n) is 13.0. The zero-order valence-corrected chi connectivity index (χ0v) is 13.8. The van der Waals surface area contributed by atoms with Crippen LogP contribution in [-0.4, -0.2) is 57.2 Å². The molecule has 1 unspecified atom stereocenters. The van der Waals surface area contributed by atoms with E-state index in [2.05, 4.69) is 0 Å². The van der Waals surface area contributed by atoms with E-state index in [0.717, 1.165) is 19.4 Å². The summed E-state index contributed by atoms with van der Waals surface area (Å²) in [5, 5.41) is 8.55. The summed E-state index contributed by atoms with van der Waals surface area (Å²) >= 11 is 0. The summed E-state index contributed by atoms with van der Waals surface area (Å²) in [7, 11) is -2.03. The maximum absolute atomic E-state index is 12.5. The topological polar surface area (TPSA) is 93.1 Å². The van der Waals surface area contributed by atoms with Crippen LogP contribution in [0, 0.1) is 5.92 Å². The van der Waals surface area contributed by atoms with Crippen LogP contribution >= 0.6 is 0 Å². The number of hydrogen-bond donors (Lipinski definition) is 1. The number of ether oxygens (including phenoxy) is 2. The summed E-state index contributed by atoms with van der Waals surface area (Å²) in [6.45, 7) is 1.28. The van der Waals surface area contributed by atoms with Crippen molar-refractivity contribution in [1.82, 2.24) is 4.31 Å². The van der Waals surface area contributed by atoms with Crippen LogP contribution in [0.4, 0.5) is 0 Å². The van der Waals surface area contributed by atoms with Gasteiger partial charge in [-0.1, -0.05) is 0 Å². The molecular formula is C15H21NO6S. The van der Waals surface area contributed by atoms with Crippen LogP contribution in [0.1, 0.15) is 12.8 Å². The van der Waals surface area contributed by atoms with Crippen molar-refractivity contribution in [2.75, 3.05) is 33.4 Å². The Morgan fingerprint density at radius 1 is 1.39 bits per heavy atom. The van der Waals surface area contributed by atoms with Crippen molar-refractivity contribution in [1.29, 1.82) is 0 Å². The number of aliphatic carboxylic acids is 1. The summed E-state index contributed by atoms with van der Waals surface area (Å²) in [5.41, 5.74) is 0. The molecule has 1 heterocycles. The summed E-state index contributed by atoms with van der Waals surface area (Å²) in [6.07, 6.45) is 1.91. The van der Waals surface area contributed by atoms with Gasteiger partial charge >= 0.3 is 5.97 Å². The maximum Gasteiger partial charge on any atom is 0.341 e. The second-order valence-electron chi connectivity index (χ2n) is 5.52. The molecule has 0 aromatic heterocycles. The minimum absolute atomic E-state index is 0.152. The predicted octanol–water partition coefficient (Wildman–Crippen LogP) is 1.20.